The minimum absolute atomic E-state index is 0.0267. The van der Waals surface area contributed by atoms with E-state index in [4.69, 9.17) is 32.9 Å². The second-order valence-corrected chi connectivity index (χ2v) is 12.9. The lowest BCUT2D eigenvalue weighted by Crippen LogP contribution is -2.55. The van der Waals surface area contributed by atoms with Crippen molar-refractivity contribution in [2.45, 2.75) is 30.8 Å². The van der Waals surface area contributed by atoms with E-state index >= 15 is 0 Å². The quantitative estimate of drug-likeness (QED) is 0.386. The standard InChI is InChI=1S/C30H31Cl2N5O5S/c1-4-42-24-15-18(2)25(43(40,41)33-3)16-23(24)29-35-27(19-5-9-21(31)10-6-19)28(20-7-11-22(32)12-8-20)37(29)30(39)36-14-13-34-26(38)17-36/h5-12,15-16,27-28,33H,4,13-14,17H2,1-3H3,(H,34,38)/t27-,28+/m0/s1. The van der Waals surface area contributed by atoms with Gasteiger partial charge in [0.2, 0.25) is 15.9 Å². The van der Waals surface area contributed by atoms with Gasteiger partial charge in [-0.25, -0.2) is 17.9 Å². The molecule has 0 saturated carbocycles. The van der Waals surface area contributed by atoms with Crippen LogP contribution in [-0.2, 0) is 14.8 Å². The summed E-state index contributed by atoms with van der Waals surface area (Å²) in [6.45, 7) is 4.24. The molecule has 5 rings (SSSR count). The Morgan fingerprint density at radius 3 is 2.28 bits per heavy atom. The molecule has 3 aromatic rings. The zero-order valence-electron chi connectivity index (χ0n) is 23.8. The molecule has 1 fully saturated rings. The lowest BCUT2D eigenvalue weighted by atomic mass is 9.93. The topological polar surface area (TPSA) is 120 Å². The van der Waals surface area contributed by atoms with Crippen LogP contribution in [0.15, 0.2) is 70.6 Å². The number of carbonyl (C=O) groups excluding carboxylic acids is 2. The molecule has 2 atom stereocenters. The Hall–Kier alpha value is -3.64. The summed E-state index contributed by atoms with van der Waals surface area (Å²) in [6.07, 6.45) is 0. The van der Waals surface area contributed by atoms with Crippen LogP contribution >= 0.6 is 23.2 Å². The number of ether oxygens (including phenoxy) is 1. The summed E-state index contributed by atoms with van der Waals surface area (Å²) in [5.74, 6) is 0.309. The van der Waals surface area contributed by atoms with Gasteiger partial charge in [-0.05, 0) is 74.0 Å². The first kappa shape index (κ1) is 30.8. The molecule has 0 spiro atoms. The summed E-state index contributed by atoms with van der Waals surface area (Å²) in [6, 6.07) is 15.7. The summed E-state index contributed by atoms with van der Waals surface area (Å²) >= 11 is 12.5. The highest BCUT2D eigenvalue weighted by Gasteiger charge is 2.45. The number of aryl methyl sites for hydroxylation is 1. The molecule has 10 nitrogen and oxygen atoms in total. The maximum atomic E-state index is 14.5. The number of amidine groups is 1. The predicted octanol–water partition coefficient (Wildman–Crippen LogP) is 4.71. The lowest BCUT2D eigenvalue weighted by Gasteiger charge is -2.36. The van der Waals surface area contributed by atoms with Crippen molar-refractivity contribution in [1.82, 2.24) is 19.8 Å². The molecule has 0 radical (unpaired) electrons. The highest BCUT2D eigenvalue weighted by Crippen LogP contribution is 2.46. The Kier molecular flexibility index (Phi) is 8.98. The normalized spacial score (nSPS) is 18.8. The second kappa shape index (κ2) is 12.5. The molecular formula is C30H31Cl2N5O5S. The third-order valence-corrected chi connectivity index (χ3v) is 9.44. The van der Waals surface area contributed by atoms with Crippen LogP contribution in [0.5, 0.6) is 5.75 Å². The Bertz CT molecular complexity index is 1680. The molecule has 2 aliphatic rings. The molecule has 0 bridgehead atoms. The van der Waals surface area contributed by atoms with Crippen LogP contribution in [0, 0.1) is 6.92 Å². The number of nitrogens with one attached hydrogen (secondary N) is 2. The number of sulfonamides is 1. The number of hydrogen-bond donors (Lipinski definition) is 2. The number of nitrogens with zero attached hydrogens (tertiary/aromatic N) is 3. The summed E-state index contributed by atoms with van der Waals surface area (Å²) in [7, 11) is -2.54. The van der Waals surface area contributed by atoms with E-state index in [-0.39, 0.29) is 23.2 Å². The first-order chi connectivity index (χ1) is 20.5. The molecule has 1 saturated heterocycles. The van der Waals surface area contributed by atoms with Gasteiger partial charge in [-0.15, -0.1) is 0 Å². The minimum Gasteiger partial charge on any atom is -0.493 e. The van der Waals surface area contributed by atoms with Crippen molar-refractivity contribution in [3.8, 4) is 5.75 Å². The van der Waals surface area contributed by atoms with Gasteiger partial charge >= 0.3 is 6.03 Å². The Balaban J connectivity index is 1.78. The average molecular weight is 645 g/mol. The molecule has 43 heavy (non-hydrogen) atoms. The number of amides is 3. The molecule has 2 N–H and O–H groups in total. The Labute approximate surface area is 260 Å². The number of hydrogen-bond acceptors (Lipinski definition) is 6. The van der Waals surface area contributed by atoms with Gasteiger partial charge in [-0.3, -0.25) is 14.7 Å². The largest absolute Gasteiger partial charge is 0.493 e. The average Bonchev–Trinajstić information content (AvgIpc) is 3.38. The monoisotopic (exact) mass is 643 g/mol. The SMILES string of the molecule is CCOc1cc(C)c(S(=O)(=O)NC)cc1C1=N[C@@H](c2ccc(Cl)cc2)[C@@H](c2ccc(Cl)cc2)N1C(=O)N1CCNC(=O)C1. The van der Waals surface area contributed by atoms with E-state index in [9.17, 15) is 18.0 Å². The third-order valence-electron chi connectivity index (χ3n) is 7.38. The van der Waals surface area contributed by atoms with E-state index in [1.54, 1.807) is 37.3 Å². The molecular weight excluding hydrogens is 613 g/mol. The van der Waals surface area contributed by atoms with Crippen LogP contribution in [0.1, 0.15) is 41.3 Å². The van der Waals surface area contributed by atoms with E-state index < -0.39 is 28.1 Å². The summed E-state index contributed by atoms with van der Waals surface area (Å²) in [5.41, 5.74) is 2.31. The molecule has 0 aliphatic carbocycles. The molecule has 3 aromatic carbocycles. The summed E-state index contributed by atoms with van der Waals surface area (Å²) < 4.78 is 34.4. The van der Waals surface area contributed by atoms with Gasteiger partial charge in [0.1, 0.15) is 24.2 Å². The Morgan fingerprint density at radius 1 is 1.07 bits per heavy atom. The molecule has 0 aromatic heterocycles. The van der Waals surface area contributed by atoms with Crippen LogP contribution in [0.3, 0.4) is 0 Å². The van der Waals surface area contributed by atoms with Crippen molar-refractivity contribution >= 4 is 51.0 Å². The third kappa shape index (κ3) is 6.21. The van der Waals surface area contributed by atoms with E-state index in [1.807, 2.05) is 31.2 Å². The van der Waals surface area contributed by atoms with Crippen LogP contribution < -0.4 is 14.8 Å². The Morgan fingerprint density at radius 2 is 1.70 bits per heavy atom. The van der Waals surface area contributed by atoms with Crippen molar-refractivity contribution in [3.05, 3.63) is 93.0 Å². The van der Waals surface area contributed by atoms with Gasteiger partial charge < -0.3 is 15.0 Å². The zero-order valence-corrected chi connectivity index (χ0v) is 26.1. The van der Waals surface area contributed by atoms with Gasteiger partial charge in [-0.2, -0.15) is 0 Å². The second-order valence-electron chi connectivity index (χ2n) is 10.1. The van der Waals surface area contributed by atoms with E-state index in [0.29, 0.717) is 46.6 Å². The summed E-state index contributed by atoms with van der Waals surface area (Å²) in [4.78, 5) is 34.9. The molecule has 0 unspecified atom stereocenters. The molecule has 13 heteroatoms. The van der Waals surface area contributed by atoms with Crippen LogP contribution in [-0.4, -0.2) is 69.3 Å². The fourth-order valence-corrected chi connectivity index (χ4v) is 6.55. The van der Waals surface area contributed by atoms with Gasteiger partial charge in [0.05, 0.1) is 23.1 Å². The van der Waals surface area contributed by atoms with Crippen LogP contribution in [0.2, 0.25) is 10.0 Å². The van der Waals surface area contributed by atoms with E-state index in [2.05, 4.69) is 10.0 Å². The lowest BCUT2D eigenvalue weighted by molar-refractivity contribution is -0.123. The van der Waals surface area contributed by atoms with Crippen molar-refractivity contribution < 1.29 is 22.7 Å². The molecule has 2 heterocycles. The number of urea groups is 1. The van der Waals surface area contributed by atoms with Gasteiger partial charge in [0.15, 0.2) is 0 Å². The molecule has 226 valence electrons. The first-order valence-electron chi connectivity index (χ1n) is 13.7. The fourth-order valence-electron chi connectivity index (χ4n) is 5.32. The fraction of sp³-hybridized carbons (Fsp3) is 0.300. The van der Waals surface area contributed by atoms with Gasteiger partial charge in [0.25, 0.3) is 0 Å². The minimum atomic E-state index is -3.88. The maximum absolute atomic E-state index is 14.5. The number of piperazine rings is 1. The van der Waals surface area contributed by atoms with E-state index in [1.165, 1.54) is 22.9 Å². The number of carbonyl (C=O) groups is 2. The zero-order chi connectivity index (χ0) is 30.9. The van der Waals surface area contributed by atoms with Crippen molar-refractivity contribution in [1.29, 1.82) is 0 Å². The predicted molar refractivity (Wildman–Crippen MR) is 165 cm³/mol. The van der Waals surface area contributed by atoms with E-state index in [0.717, 1.165) is 11.1 Å². The smallest absolute Gasteiger partial charge is 0.326 e. The maximum Gasteiger partial charge on any atom is 0.326 e. The van der Waals surface area contributed by atoms with Crippen molar-refractivity contribution in [2.24, 2.45) is 4.99 Å². The number of aliphatic imine (C=N–C) groups is 1. The molecule has 3 amide bonds. The van der Waals surface area contributed by atoms with Crippen LogP contribution in [0.4, 0.5) is 4.79 Å². The van der Waals surface area contributed by atoms with Crippen LogP contribution in [0.25, 0.3) is 0 Å². The van der Waals surface area contributed by atoms with Crippen molar-refractivity contribution in [3.63, 3.8) is 0 Å². The van der Waals surface area contributed by atoms with Crippen molar-refractivity contribution in [2.75, 3.05) is 33.3 Å². The summed E-state index contributed by atoms with van der Waals surface area (Å²) in [5, 5.41) is 3.82. The highest BCUT2D eigenvalue weighted by molar-refractivity contribution is 7.89. The highest BCUT2D eigenvalue weighted by atomic mass is 35.5. The number of halogens is 2. The van der Waals surface area contributed by atoms with Gasteiger partial charge in [-0.1, -0.05) is 47.5 Å². The molecule has 2 aliphatic heterocycles. The first-order valence-corrected chi connectivity index (χ1v) is 15.9. The van der Waals surface area contributed by atoms with Gasteiger partial charge in [0, 0.05) is 23.1 Å². The number of benzene rings is 3. The number of rotatable bonds is 7.